The number of urea groups is 1. The summed E-state index contributed by atoms with van der Waals surface area (Å²) in [6.45, 7) is 0.202. The van der Waals surface area contributed by atoms with Crippen molar-refractivity contribution in [3.63, 3.8) is 0 Å². The molecule has 2 atom stereocenters. The monoisotopic (exact) mass is 328 g/mol. The molecule has 0 aromatic heterocycles. The molecule has 1 saturated carbocycles. The zero-order valence-corrected chi connectivity index (χ0v) is 12.3. The fraction of sp³-hybridized carbons (Fsp3) is 0.917. The molecule has 2 rings (SSSR count). The van der Waals surface area contributed by atoms with E-state index in [1.165, 1.54) is 4.90 Å². The van der Waals surface area contributed by atoms with Gasteiger partial charge in [0.05, 0.1) is 17.4 Å². The lowest BCUT2D eigenvalue weighted by Gasteiger charge is -2.33. The van der Waals surface area contributed by atoms with Gasteiger partial charge in [0.2, 0.25) is 0 Å². The largest absolute Gasteiger partial charge is 0.391 e. The van der Waals surface area contributed by atoms with E-state index in [-0.39, 0.29) is 37.4 Å². The number of sulfone groups is 1. The minimum atomic E-state index is -4.22. The van der Waals surface area contributed by atoms with Crippen LogP contribution in [0.4, 0.5) is 18.0 Å². The zero-order valence-electron chi connectivity index (χ0n) is 11.5. The Morgan fingerprint density at radius 1 is 1.14 bits per heavy atom. The molecule has 0 bridgehead atoms. The van der Waals surface area contributed by atoms with Gasteiger partial charge in [-0.25, -0.2) is 13.2 Å². The fourth-order valence-corrected chi connectivity index (χ4v) is 4.00. The maximum absolute atomic E-state index is 12.7. The number of carbonyl (C=O) groups is 1. The maximum atomic E-state index is 12.7. The minimum absolute atomic E-state index is 0.0870. The first kappa shape index (κ1) is 16.4. The van der Waals surface area contributed by atoms with Gasteiger partial charge in [-0.2, -0.15) is 13.2 Å². The Labute approximate surface area is 121 Å². The van der Waals surface area contributed by atoms with Crippen LogP contribution < -0.4 is 5.32 Å². The minimum Gasteiger partial charge on any atom is -0.335 e. The molecule has 1 heterocycles. The third-order valence-electron chi connectivity index (χ3n) is 4.10. The fourth-order valence-electron chi connectivity index (χ4n) is 2.80. The molecule has 2 aliphatic rings. The van der Waals surface area contributed by atoms with Crippen LogP contribution >= 0.6 is 0 Å². The Morgan fingerprint density at radius 2 is 1.76 bits per heavy atom. The molecule has 1 N–H and O–H groups in total. The van der Waals surface area contributed by atoms with Crippen molar-refractivity contribution in [2.24, 2.45) is 5.92 Å². The van der Waals surface area contributed by atoms with E-state index in [0.29, 0.717) is 12.8 Å². The number of rotatable bonds is 1. The summed E-state index contributed by atoms with van der Waals surface area (Å²) >= 11 is 0. The van der Waals surface area contributed by atoms with E-state index in [2.05, 4.69) is 5.32 Å². The molecule has 1 saturated heterocycles. The van der Waals surface area contributed by atoms with Crippen LogP contribution in [0.2, 0.25) is 0 Å². The number of carbonyl (C=O) groups excluding carboxylic acids is 1. The molecule has 0 radical (unpaired) electrons. The first-order chi connectivity index (χ1) is 9.67. The first-order valence-electron chi connectivity index (χ1n) is 7.00. The zero-order chi connectivity index (χ0) is 15.7. The molecule has 0 spiro atoms. The lowest BCUT2D eigenvalue weighted by atomic mass is 9.85. The van der Waals surface area contributed by atoms with E-state index in [9.17, 15) is 26.4 Å². The van der Waals surface area contributed by atoms with Crippen molar-refractivity contribution in [2.45, 2.75) is 37.9 Å². The van der Waals surface area contributed by atoms with Crippen LogP contribution in [0.15, 0.2) is 0 Å². The number of alkyl halides is 3. The van der Waals surface area contributed by atoms with Gasteiger partial charge in [-0.15, -0.1) is 0 Å². The van der Waals surface area contributed by atoms with Gasteiger partial charge in [0.15, 0.2) is 9.84 Å². The Balaban J connectivity index is 1.85. The highest BCUT2D eigenvalue weighted by atomic mass is 32.2. The lowest BCUT2D eigenvalue weighted by Crippen LogP contribution is -2.51. The van der Waals surface area contributed by atoms with Gasteiger partial charge >= 0.3 is 12.2 Å². The van der Waals surface area contributed by atoms with Crippen molar-refractivity contribution in [2.75, 3.05) is 24.6 Å². The number of halogens is 3. The number of amides is 2. The number of hydrogen-bond donors (Lipinski definition) is 1. The van der Waals surface area contributed by atoms with Gasteiger partial charge in [-0.3, -0.25) is 0 Å². The summed E-state index contributed by atoms with van der Waals surface area (Å²) in [4.78, 5) is 13.3. The van der Waals surface area contributed by atoms with Gasteiger partial charge in [0.1, 0.15) is 0 Å². The third kappa shape index (κ3) is 4.49. The van der Waals surface area contributed by atoms with Crippen LogP contribution in [0, 0.1) is 5.92 Å². The lowest BCUT2D eigenvalue weighted by molar-refractivity contribution is -0.183. The number of hydrogen-bond acceptors (Lipinski definition) is 3. The van der Waals surface area contributed by atoms with E-state index in [4.69, 9.17) is 0 Å². The summed E-state index contributed by atoms with van der Waals surface area (Å²) in [7, 11) is -3.08. The number of nitrogens with zero attached hydrogens (tertiary/aromatic N) is 1. The Kier molecular flexibility index (Phi) is 4.69. The molecule has 122 valence electrons. The van der Waals surface area contributed by atoms with Crippen molar-refractivity contribution >= 4 is 15.9 Å². The van der Waals surface area contributed by atoms with Crippen LogP contribution in [-0.4, -0.2) is 56.2 Å². The summed E-state index contributed by atoms with van der Waals surface area (Å²) in [5, 5.41) is 2.61. The first-order valence-corrected chi connectivity index (χ1v) is 8.82. The van der Waals surface area contributed by atoms with Crippen molar-refractivity contribution in [3.8, 4) is 0 Å². The van der Waals surface area contributed by atoms with Crippen molar-refractivity contribution in [1.82, 2.24) is 10.2 Å². The molecule has 0 unspecified atom stereocenters. The summed E-state index contributed by atoms with van der Waals surface area (Å²) in [6, 6.07) is -0.950. The highest BCUT2D eigenvalue weighted by Crippen LogP contribution is 2.37. The quantitative estimate of drug-likeness (QED) is 0.794. The Morgan fingerprint density at radius 3 is 2.33 bits per heavy atom. The average Bonchev–Trinajstić information content (AvgIpc) is 2.37. The van der Waals surface area contributed by atoms with Crippen LogP contribution in [-0.2, 0) is 9.84 Å². The molecule has 1 aliphatic carbocycles. The molecular weight excluding hydrogens is 309 g/mol. The van der Waals surface area contributed by atoms with E-state index in [0.717, 1.165) is 0 Å². The smallest absolute Gasteiger partial charge is 0.335 e. The second-order valence-electron chi connectivity index (χ2n) is 5.69. The molecule has 0 aromatic carbocycles. The summed E-state index contributed by atoms with van der Waals surface area (Å²) in [5.74, 6) is -1.54. The van der Waals surface area contributed by atoms with Crippen LogP contribution in [0.5, 0.6) is 0 Å². The van der Waals surface area contributed by atoms with E-state index >= 15 is 0 Å². The van der Waals surface area contributed by atoms with E-state index in [1.54, 1.807) is 0 Å². The second kappa shape index (κ2) is 6.02. The maximum Gasteiger partial charge on any atom is 0.391 e. The molecule has 1 aliphatic heterocycles. The SMILES string of the molecule is O=C(N[C@H]1CCC[C@@H](C(F)(F)F)C1)N1CCS(=O)(=O)CC1. The molecule has 0 aromatic rings. The Hall–Kier alpha value is -0.990. The van der Waals surface area contributed by atoms with Gasteiger partial charge in [0, 0.05) is 19.1 Å². The molecule has 21 heavy (non-hydrogen) atoms. The molecule has 2 fully saturated rings. The highest BCUT2D eigenvalue weighted by Gasteiger charge is 2.42. The van der Waals surface area contributed by atoms with Gasteiger partial charge in [-0.05, 0) is 19.3 Å². The predicted molar refractivity (Wildman–Crippen MR) is 70.6 cm³/mol. The Bertz CT molecular complexity index is 478. The van der Waals surface area contributed by atoms with E-state index in [1.807, 2.05) is 0 Å². The van der Waals surface area contributed by atoms with E-state index < -0.39 is 34.0 Å². The molecular formula is C12H19F3N2O3S. The molecule has 9 heteroatoms. The van der Waals surface area contributed by atoms with Gasteiger partial charge in [0.25, 0.3) is 0 Å². The average molecular weight is 328 g/mol. The topological polar surface area (TPSA) is 66.5 Å². The molecule has 5 nitrogen and oxygen atoms in total. The third-order valence-corrected chi connectivity index (χ3v) is 5.71. The van der Waals surface area contributed by atoms with Crippen molar-refractivity contribution < 1.29 is 26.4 Å². The summed E-state index contributed by atoms with van der Waals surface area (Å²) in [5.41, 5.74) is 0. The predicted octanol–water partition coefficient (Wildman–Crippen LogP) is 1.55. The number of nitrogens with one attached hydrogen (secondary N) is 1. The van der Waals surface area contributed by atoms with Crippen LogP contribution in [0.3, 0.4) is 0 Å². The summed E-state index contributed by atoms with van der Waals surface area (Å²) < 4.78 is 60.7. The normalized spacial score (nSPS) is 30.0. The van der Waals surface area contributed by atoms with Crippen molar-refractivity contribution in [1.29, 1.82) is 0 Å². The van der Waals surface area contributed by atoms with Crippen LogP contribution in [0.1, 0.15) is 25.7 Å². The molecule has 2 amide bonds. The van der Waals surface area contributed by atoms with Gasteiger partial charge < -0.3 is 10.2 Å². The second-order valence-corrected chi connectivity index (χ2v) is 7.99. The van der Waals surface area contributed by atoms with Crippen LogP contribution in [0.25, 0.3) is 0 Å². The summed E-state index contributed by atoms with van der Waals surface area (Å²) in [6.07, 6.45) is -3.24. The highest BCUT2D eigenvalue weighted by molar-refractivity contribution is 7.91. The van der Waals surface area contributed by atoms with Crippen molar-refractivity contribution in [3.05, 3.63) is 0 Å². The standard InChI is InChI=1S/C12H19F3N2O3S/c13-12(14,15)9-2-1-3-10(8-9)16-11(18)17-4-6-21(19,20)7-5-17/h9-10H,1-8H2,(H,16,18)/t9-,10+/m1/s1. The van der Waals surface area contributed by atoms with Gasteiger partial charge in [-0.1, -0.05) is 6.42 Å².